The third-order valence-corrected chi connectivity index (χ3v) is 4.07. The number of halogens is 3. The molecule has 4 nitrogen and oxygen atoms in total. The zero-order valence-electron chi connectivity index (χ0n) is 12.6. The Balaban J connectivity index is 1.48. The predicted molar refractivity (Wildman–Crippen MR) is 80.6 cm³/mol. The fraction of sp³-hybridized carbons (Fsp3) is 0.438. The topological polar surface area (TPSA) is 44.0 Å². The minimum Gasteiger partial charge on any atom is -0.348 e. The van der Waals surface area contributed by atoms with Crippen molar-refractivity contribution in [1.29, 1.82) is 0 Å². The SMILES string of the molecule is FC(F)(F)c1ccc(CN2CC[C@H](NCc3ncc[nH]3)C2)cc1. The molecule has 1 aliphatic heterocycles. The monoisotopic (exact) mass is 324 g/mol. The van der Waals surface area contributed by atoms with Crippen LogP contribution in [0.1, 0.15) is 23.4 Å². The van der Waals surface area contributed by atoms with Crippen LogP contribution in [0, 0.1) is 0 Å². The van der Waals surface area contributed by atoms with Crippen LogP contribution in [0.15, 0.2) is 36.7 Å². The van der Waals surface area contributed by atoms with Crippen LogP contribution in [-0.2, 0) is 19.3 Å². The molecule has 0 bridgehead atoms. The molecule has 1 aromatic heterocycles. The van der Waals surface area contributed by atoms with Crippen LogP contribution < -0.4 is 5.32 Å². The lowest BCUT2D eigenvalue weighted by Crippen LogP contribution is -2.32. The summed E-state index contributed by atoms with van der Waals surface area (Å²) in [6, 6.07) is 5.81. The Labute approximate surface area is 132 Å². The molecule has 23 heavy (non-hydrogen) atoms. The normalized spacial score (nSPS) is 19.3. The Morgan fingerprint density at radius 2 is 2.04 bits per heavy atom. The number of nitrogens with one attached hydrogen (secondary N) is 2. The number of rotatable bonds is 5. The number of hydrogen-bond acceptors (Lipinski definition) is 3. The molecular formula is C16H19F3N4. The van der Waals surface area contributed by atoms with E-state index < -0.39 is 11.7 Å². The second-order valence-electron chi connectivity index (χ2n) is 5.83. The van der Waals surface area contributed by atoms with E-state index in [0.717, 1.165) is 43.0 Å². The van der Waals surface area contributed by atoms with Gasteiger partial charge in [-0.1, -0.05) is 12.1 Å². The molecule has 0 aliphatic carbocycles. The smallest absolute Gasteiger partial charge is 0.348 e. The lowest BCUT2D eigenvalue weighted by molar-refractivity contribution is -0.137. The van der Waals surface area contributed by atoms with Crippen LogP contribution in [0.25, 0.3) is 0 Å². The number of nitrogens with zero attached hydrogens (tertiary/aromatic N) is 2. The van der Waals surface area contributed by atoms with Gasteiger partial charge in [0.25, 0.3) is 0 Å². The lowest BCUT2D eigenvalue weighted by Gasteiger charge is -2.17. The number of imidazole rings is 1. The van der Waals surface area contributed by atoms with Crippen molar-refractivity contribution in [3.63, 3.8) is 0 Å². The summed E-state index contributed by atoms with van der Waals surface area (Å²) in [5.74, 6) is 0.909. The van der Waals surface area contributed by atoms with Gasteiger partial charge in [-0.2, -0.15) is 13.2 Å². The zero-order chi connectivity index (χ0) is 16.3. The lowest BCUT2D eigenvalue weighted by atomic mass is 10.1. The molecule has 0 saturated carbocycles. The average molecular weight is 324 g/mol. The summed E-state index contributed by atoms with van der Waals surface area (Å²) < 4.78 is 37.7. The Kier molecular flexibility index (Phi) is 4.68. The molecule has 2 heterocycles. The summed E-state index contributed by atoms with van der Waals surface area (Å²) >= 11 is 0. The van der Waals surface area contributed by atoms with Crippen LogP contribution >= 0.6 is 0 Å². The molecule has 0 spiro atoms. The van der Waals surface area contributed by atoms with Gasteiger partial charge in [-0.15, -0.1) is 0 Å². The Morgan fingerprint density at radius 3 is 2.70 bits per heavy atom. The molecule has 7 heteroatoms. The summed E-state index contributed by atoms with van der Waals surface area (Å²) in [5.41, 5.74) is 0.311. The number of aromatic nitrogens is 2. The minimum atomic E-state index is -4.27. The number of alkyl halides is 3. The highest BCUT2D eigenvalue weighted by atomic mass is 19.4. The van der Waals surface area contributed by atoms with Crippen molar-refractivity contribution in [2.75, 3.05) is 13.1 Å². The first kappa shape index (κ1) is 16.0. The van der Waals surface area contributed by atoms with E-state index in [1.165, 1.54) is 0 Å². The highest BCUT2D eigenvalue weighted by Crippen LogP contribution is 2.29. The van der Waals surface area contributed by atoms with E-state index >= 15 is 0 Å². The maximum absolute atomic E-state index is 12.6. The highest BCUT2D eigenvalue weighted by Gasteiger charge is 2.30. The van der Waals surface area contributed by atoms with Crippen molar-refractivity contribution in [3.05, 3.63) is 53.6 Å². The molecule has 1 aliphatic rings. The van der Waals surface area contributed by atoms with Crippen molar-refractivity contribution in [2.24, 2.45) is 0 Å². The van der Waals surface area contributed by atoms with Gasteiger partial charge in [-0.05, 0) is 24.1 Å². The van der Waals surface area contributed by atoms with E-state index in [9.17, 15) is 13.2 Å². The Morgan fingerprint density at radius 1 is 1.26 bits per heavy atom. The molecule has 124 valence electrons. The van der Waals surface area contributed by atoms with E-state index in [4.69, 9.17) is 0 Å². The summed E-state index contributed by atoms with van der Waals surface area (Å²) in [4.78, 5) is 9.47. The van der Waals surface area contributed by atoms with Gasteiger partial charge >= 0.3 is 6.18 Å². The number of aromatic amines is 1. The van der Waals surface area contributed by atoms with Gasteiger partial charge < -0.3 is 10.3 Å². The summed E-state index contributed by atoms with van der Waals surface area (Å²) in [5, 5.41) is 3.44. The number of likely N-dealkylation sites (tertiary alicyclic amines) is 1. The van der Waals surface area contributed by atoms with Crippen LogP contribution in [0.5, 0.6) is 0 Å². The highest BCUT2D eigenvalue weighted by molar-refractivity contribution is 5.24. The summed E-state index contributed by atoms with van der Waals surface area (Å²) in [6.45, 7) is 3.21. The average Bonchev–Trinajstić information content (AvgIpc) is 3.16. The van der Waals surface area contributed by atoms with Crippen LogP contribution in [0.3, 0.4) is 0 Å². The van der Waals surface area contributed by atoms with Crippen LogP contribution in [-0.4, -0.2) is 34.0 Å². The van der Waals surface area contributed by atoms with E-state index in [1.54, 1.807) is 24.5 Å². The number of H-pyrrole nitrogens is 1. The third-order valence-electron chi connectivity index (χ3n) is 4.07. The largest absolute Gasteiger partial charge is 0.416 e. The molecule has 0 amide bonds. The van der Waals surface area contributed by atoms with E-state index in [-0.39, 0.29) is 0 Å². The molecule has 1 saturated heterocycles. The molecule has 3 rings (SSSR count). The minimum absolute atomic E-state index is 0.384. The quantitative estimate of drug-likeness (QED) is 0.889. The second kappa shape index (κ2) is 6.72. The van der Waals surface area contributed by atoms with Gasteiger partial charge in [0.05, 0.1) is 12.1 Å². The van der Waals surface area contributed by atoms with Crippen molar-refractivity contribution in [1.82, 2.24) is 20.2 Å². The van der Waals surface area contributed by atoms with Gasteiger partial charge in [-0.25, -0.2) is 4.98 Å². The molecule has 0 unspecified atom stereocenters. The predicted octanol–water partition coefficient (Wildman–Crippen LogP) is 2.79. The first-order valence-electron chi connectivity index (χ1n) is 7.61. The van der Waals surface area contributed by atoms with Crippen molar-refractivity contribution >= 4 is 0 Å². The second-order valence-corrected chi connectivity index (χ2v) is 5.83. The van der Waals surface area contributed by atoms with Gasteiger partial charge in [0.2, 0.25) is 0 Å². The summed E-state index contributed by atoms with van der Waals surface area (Å²) in [6.07, 6.45) is 0.277. The van der Waals surface area contributed by atoms with Gasteiger partial charge in [0.15, 0.2) is 0 Å². The first-order valence-corrected chi connectivity index (χ1v) is 7.61. The Bertz CT molecular complexity index is 607. The molecule has 1 aromatic carbocycles. The molecule has 2 aromatic rings. The molecule has 1 atom stereocenters. The van der Waals surface area contributed by atoms with Crippen molar-refractivity contribution in [3.8, 4) is 0 Å². The third kappa shape index (κ3) is 4.33. The van der Waals surface area contributed by atoms with E-state index in [1.807, 2.05) is 0 Å². The van der Waals surface area contributed by atoms with Crippen molar-refractivity contribution in [2.45, 2.75) is 31.7 Å². The van der Waals surface area contributed by atoms with E-state index in [0.29, 0.717) is 19.1 Å². The van der Waals surface area contributed by atoms with Gasteiger partial charge in [-0.3, -0.25) is 4.90 Å². The van der Waals surface area contributed by atoms with Crippen molar-refractivity contribution < 1.29 is 13.2 Å². The summed E-state index contributed by atoms with van der Waals surface area (Å²) in [7, 11) is 0. The van der Waals surface area contributed by atoms with Crippen LogP contribution in [0.2, 0.25) is 0 Å². The maximum Gasteiger partial charge on any atom is 0.416 e. The standard InChI is InChI=1S/C16H19F3N4/c17-16(18,19)13-3-1-12(2-4-13)10-23-8-5-14(11-23)22-9-15-20-6-7-21-15/h1-4,6-7,14,22H,5,8-11H2,(H,20,21)/t14-/m0/s1. The zero-order valence-corrected chi connectivity index (χ0v) is 12.6. The van der Waals surface area contributed by atoms with E-state index in [2.05, 4.69) is 20.2 Å². The Hall–Kier alpha value is -1.86. The molecule has 2 N–H and O–H groups in total. The first-order chi connectivity index (χ1) is 11.0. The fourth-order valence-electron chi connectivity index (χ4n) is 2.84. The molecular weight excluding hydrogens is 305 g/mol. The van der Waals surface area contributed by atoms with Gasteiger partial charge in [0, 0.05) is 38.1 Å². The maximum atomic E-state index is 12.6. The molecule has 1 fully saturated rings. The van der Waals surface area contributed by atoms with Crippen LogP contribution in [0.4, 0.5) is 13.2 Å². The number of hydrogen-bond donors (Lipinski definition) is 2. The fourth-order valence-corrected chi connectivity index (χ4v) is 2.84. The number of benzene rings is 1. The van der Waals surface area contributed by atoms with Gasteiger partial charge in [0.1, 0.15) is 5.82 Å². The molecule has 0 radical (unpaired) electrons.